The molecule has 6 rings (SSSR count). The summed E-state index contributed by atoms with van der Waals surface area (Å²) in [5, 5.41) is 30.6. The van der Waals surface area contributed by atoms with Crippen molar-refractivity contribution in [1.29, 1.82) is 0 Å². The highest BCUT2D eigenvalue weighted by atomic mass is 79.9. The molecular weight excluding hydrogens is 1920 g/mol. The minimum absolute atomic E-state index is 0.0301. The SMILES string of the molecule is CC(C)(C)c1cc(Br)c(OCC(O)COc2c(Br)cc(Br)cc2Br)c(Br)c1.Cc1cc(Br)c(OCC(O)COc2c(Br)cc(Br)cc2Br)c(Br)c1.Cc1cc(Br)c(OCC(O)COc2c(Br)cc(C(C)(C)C)cc2Br)c(Br)c1. The minimum Gasteiger partial charge on any atom is -0.488 e. The van der Waals surface area contributed by atoms with Gasteiger partial charge in [-0.3, -0.25) is 0 Å². The van der Waals surface area contributed by atoms with Crippen molar-refractivity contribution in [2.24, 2.45) is 0 Å². The fraction of sp³-hybridized carbons (Fsp3) is 0.345. The summed E-state index contributed by atoms with van der Waals surface area (Å²) in [7, 11) is 0. The number of hydrogen-bond donors (Lipinski definition) is 3. The van der Waals surface area contributed by atoms with Gasteiger partial charge in [-0.05, 0) is 311 Å². The quantitative estimate of drug-likeness (QED) is 0.0774. The molecule has 0 saturated carbocycles. The van der Waals surface area contributed by atoms with Crippen LogP contribution in [0.4, 0.5) is 0 Å². The lowest BCUT2D eigenvalue weighted by molar-refractivity contribution is 0.0615. The third-order valence-electron chi connectivity index (χ3n) is 10.5. The van der Waals surface area contributed by atoms with Crippen molar-refractivity contribution < 1.29 is 43.7 Å². The molecule has 0 radical (unpaired) electrons. The highest BCUT2D eigenvalue weighted by molar-refractivity contribution is 9.13. The van der Waals surface area contributed by atoms with Gasteiger partial charge in [0.1, 0.15) is 92.5 Å². The van der Waals surface area contributed by atoms with Gasteiger partial charge in [-0.15, -0.1) is 0 Å². The lowest BCUT2D eigenvalue weighted by atomic mass is 9.87. The van der Waals surface area contributed by atoms with E-state index in [0.29, 0.717) is 34.5 Å². The monoisotopic (exact) mass is 1960 g/mol. The standard InChI is InChI=1S/C20H22Br4O3.C19H19Br5O3.C16H13Br5O3/c1-11-5-14(21)18(15(22)6-11)26-9-13(25)10-27-19-16(23)7-12(8-17(19)24)20(2,3)4;1-19(2,3)10-4-13(21)17(14(22)5-10)26-8-12(25)9-27-18-15(23)6-11(20)7-16(18)24;1-8-2-11(18)15(12(19)3-8)23-6-10(22)7-24-16-13(20)4-9(17)5-14(16)21/h5-8,13,25H,9-10H2,1-4H3;4-7,12,25H,8-9H2,1-3H3;2-5,10,22H,6-7H2,1H3. The first-order valence-electron chi connectivity index (χ1n) is 23.3. The molecule has 0 aliphatic carbocycles. The largest absolute Gasteiger partial charge is 0.488 e. The molecule has 9 nitrogen and oxygen atoms in total. The first-order valence-corrected chi connectivity index (χ1v) is 34.4. The lowest BCUT2D eigenvalue weighted by Gasteiger charge is -2.22. The summed E-state index contributed by atoms with van der Waals surface area (Å²) < 4.78 is 46.2. The molecule has 78 heavy (non-hydrogen) atoms. The molecule has 0 heterocycles. The highest BCUT2D eigenvalue weighted by Crippen LogP contribution is 2.42. The van der Waals surface area contributed by atoms with Crippen LogP contribution in [0.25, 0.3) is 0 Å². The number of rotatable bonds is 18. The minimum atomic E-state index is -0.784. The van der Waals surface area contributed by atoms with Crippen LogP contribution in [-0.4, -0.2) is 73.3 Å². The Morgan fingerprint density at radius 2 is 0.449 bits per heavy atom. The van der Waals surface area contributed by atoms with Gasteiger partial charge in [-0.1, -0.05) is 73.4 Å². The molecule has 3 unspecified atom stereocenters. The van der Waals surface area contributed by atoms with Crippen LogP contribution in [0.1, 0.15) is 63.8 Å². The number of benzene rings is 6. The van der Waals surface area contributed by atoms with Crippen molar-refractivity contribution in [1.82, 2.24) is 0 Å². The molecular formula is C55H54Br14O9. The van der Waals surface area contributed by atoms with Crippen LogP contribution in [-0.2, 0) is 10.8 Å². The average Bonchev–Trinajstić information content (AvgIpc) is 3.29. The van der Waals surface area contributed by atoms with Crippen molar-refractivity contribution in [3.63, 3.8) is 0 Å². The number of hydrogen-bond acceptors (Lipinski definition) is 9. The Labute approximate surface area is 575 Å². The highest BCUT2D eigenvalue weighted by Gasteiger charge is 2.22. The predicted octanol–water partition coefficient (Wildman–Crippen LogP) is 21.4. The van der Waals surface area contributed by atoms with E-state index in [-0.39, 0.29) is 50.5 Å². The summed E-state index contributed by atoms with van der Waals surface area (Å²) in [5.41, 5.74) is 4.65. The van der Waals surface area contributed by atoms with Crippen LogP contribution in [0.5, 0.6) is 34.5 Å². The number of aliphatic hydroxyl groups excluding tert-OH is 3. The van der Waals surface area contributed by atoms with E-state index in [0.717, 1.165) is 73.7 Å². The number of halogens is 14. The van der Waals surface area contributed by atoms with Gasteiger partial charge in [0.25, 0.3) is 0 Å². The van der Waals surface area contributed by atoms with E-state index in [4.69, 9.17) is 28.4 Å². The third-order valence-corrected chi connectivity index (χ3v) is 18.4. The van der Waals surface area contributed by atoms with E-state index in [2.05, 4.69) is 265 Å². The van der Waals surface area contributed by atoms with Crippen LogP contribution < -0.4 is 28.4 Å². The second kappa shape index (κ2) is 33.0. The second-order valence-electron chi connectivity index (χ2n) is 19.4. The zero-order valence-electron chi connectivity index (χ0n) is 43.0. The molecule has 0 aliphatic heterocycles. The second-order valence-corrected chi connectivity index (χ2v) is 31.5. The summed E-state index contributed by atoms with van der Waals surface area (Å²) >= 11 is 48.7. The smallest absolute Gasteiger partial charge is 0.147 e. The van der Waals surface area contributed by atoms with E-state index in [1.807, 2.05) is 86.6 Å². The van der Waals surface area contributed by atoms with E-state index < -0.39 is 18.3 Å². The van der Waals surface area contributed by atoms with Crippen molar-refractivity contribution in [3.05, 3.63) is 158 Å². The first-order chi connectivity index (χ1) is 36.2. The van der Waals surface area contributed by atoms with E-state index >= 15 is 0 Å². The van der Waals surface area contributed by atoms with E-state index in [1.54, 1.807) is 0 Å². The van der Waals surface area contributed by atoms with Crippen molar-refractivity contribution in [2.75, 3.05) is 39.6 Å². The molecule has 0 bridgehead atoms. The Morgan fingerprint density at radius 3 is 0.615 bits per heavy atom. The van der Waals surface area contributed by atoms with Gasteiger partial charge in [-0.25, -0.2) is 0 Å². The fourth-order valence-electron chi connectivity index (χ4n) is 6.47. The Kier molecular flexibility index (Phi) is 30.1. The van der Waals surface area contributed by atoms with Crippen LogP contribution in [0.3, 0.4) is 0 Å². The maximum absolute atomic E-state index is 10.3. The lowest BCUT2D eigenvalue weighted by Crippen LogP contribution is -2.25. The zero-order valence-corrected chi connectivity index (χ0v) is 65.2. The van der Waals surface area contributed by atoms with Crippen LogP contribution in [0.2, 0.25) is 0 Å². The molecule has 6 aromatic rings. The average molecular weight is 1980 g/mol. The number of aliphatic hydroxyl groups is 3. The normalized spacial score (nSPS) is 12.6. The van der Waals surface area contributed by atoms with Crippen LogP contribution in [0.15, 0.2) is 135 Å². The van der Waals surface area contributed by atoms with Gasteiger partial charge in [0.15, 0.2) is 0 Å². The molecule has 0 fully saturated rings. The van der Waals surface area contributed by atoms with Crippen molar-refractivity contribution >= 4 is 223 Å². The van der Waals surface area contributed by atoms with Gasteiger partial charge in [0.2, 0.25) is 0 Å². The molecule has 0 spiro atoms. The number of aryl methyl sites for hydroxylation is 2. The summed E-state index contributed by atoms with van der Waals surface area (Å²) in [6.45, 7) is 17.6. The molecule has 426 valence electrons. The Bertz CT molecular complexity index is 2660. The predicted molar refractivity (Wildman–Crippen MR) is 364 cm³/mol. The van der Waals surface area contributed by atoms with Crippen LogP contribution in [0, 0.1) is 13.8 Å². The third kappa shape index (κ3) is 22.9. The summed E-state index contributed by atoms with van der Waals surface area (Å²) in [6, 6.07) is 23.5. The van der Waals surface area contributed by atoms with Gasteiger partial charge in [-0.2, -0.15) is 0 Å². The molecule has 0 aromatic heterocycles. The molecule has 0 aliphatic rings. The Balaban J connectivity index is 0.000000253. The van der Waals surface area contributed by atoms with Crippen LogP contribution >= 0.6 is 223 Å². The van der Waals surface area contributed by atoms with E-state index in [1.165, 1.54) is 11.1 Å². The fourth-order valence-corrected chi connectivity index (χ4v) is 17.6. The van der Waals surface area contributed by atoms with Gasteiger partial charge in [0.05, 0.1) is 53.7 Å². The first kappa shape index (κ1) is 71.2. The van der Waals surface area contributed by atoms with Crippen molar-refractivity contribution in [2.45, 2.75) is 84.5 Å². The maximum Gasteiger partial charge on any atom is 0.147 e. The Morgan fingerprint density at radius 1 is 0.295 bits per heavy atom. The summed E-state index contributed by atoms with van der Waals surface area (Å²) in [5.74, 6) is 3.92. The molecule has 0 amide bonds. The van der Waals surface area contributed by atoms with Crippen molar-refractivity contribution in [3.8, 4) is 34.5 Å². The number of ether oxygens (including phenoxy) is 6. The molecule has 3 atom stereocenters. The van der Waals surface area contributed by atoms with Gasteiger partial charge >= 0.3 is 0 Å². The summed E-state index contributed by atoms with van der Waals surface area (Å²) in [4.78, 5) is 0. The summed E-state index contributed by atoms with van der Waals surface area (Å²) in [6.07, 6.45) is -2.33. The van der Waals surface area contributed by atoms with Gasteiger partial charge in [0, 0.05) is 8.95 Å². The van der Waals surface area contributed by atoms with Gasteiger partial charge < -0.3 is 43.7 Å². The molecule has 3 N–H and O–H groups in total. The molecule has 23 heteroatoms. The maximum atomic E-state index is 10.3. The topological polar surface area (TPSA) is 116 Å². The van der Waals surface area contributed by atoms with E-state index in [9.17, 15) is 15.3 Å². The molecule has 0 saturated heterocycles. The molecule has 6 aromatic carbocycles. The zero-order chi connectivity index (χ0) is 58.6. The Hall–Kier alpha value is 0.720.